The van der Waals surface area contributed by atoms with Crippen molar-refractivity contribution >= 4 is 22.7 Å². The molecule has 0 unspecified atom stereocenters. The van der Waals surface area contributed by atoms with Crippen molar-refractivity contribution in [2.45, 2.75) is 6.18 Å². The summed E-state index contributed by atoms with van der Waals surface area (Å²) in [4.78, 5) is 12.4. The SMILES string of the molecule is FC(F)(F)c1cc(Cl)c2nc(-c3ccncc3-c3ccncc3)oc2c1. The lowest BCUT2D eigenvalue weighted by Crippen LogP contribution is -2.04. The average Bonchev–Trinajstić information content (AvgIpc) is 3.06. The van der Waals surface area contributed by atoms with Crippen LogP contribution in [0.2, 0.25) is 5.02 Å². The molecule has 0 fully saturated rings. The fourth-order valence-corrected chi connectivity index (χ4v) is 2.86. The van der Waals surface area contributed by atoms with Crippen molar-refractivity contribution in [3.63, 3.8) is 0 Å². The van der Waals surface area contributed by atoms with Gasteiger partial charge in [0.1, 0.15) is 5.52 Å². The summed E-state index contributed by atoms with van der Waals surface area (Å²) >= 11 is 5.98. The van der Waals surface area contributed by atoms with Crippen LogP contribution in [0.25, 0.3) is 33.7 Å². The van der Waals surface area contributed by atoms with E-state index in [4.69, 9.17) is 16.0 Å². The smallest absolute Gasteiger partial charge is 0.416 e. The molecule has 4 nitrogen and oxygen atoms in total. The van der Waals surface area contributed by atoms with Gasteiger partial charge in [-0.05, 0) is 35.9 Å². The van der Waals surface area contributed by atoms with Crippen LogP contribution >= 0.6 is 11.6 Å². The minimum absolute atomic E-state index is 0.0303. The third kappa shape index (κ3) is 2.90. The van der Waals surface area contributed by atoms with E-state index in [0.29, 0.717) is 11.1 Å². The lowest BCUT2D eigenvalue weighted by atomic mass is 10.0. The molecule has 1 aromatic carbocycles. The zero-order chi connectivity index (χ0) is 18.3. The first-order valence-electron chi connectivity index (χ1n) is 7.45. The topological polar surface area (TPSA) is 51.8 Å². The highest BCUT2D eigenvalue weighted by atomic mass is 35.5. The van der Waals surface area contributed by atoms with Crippen LogP contribution in [0, 0.1) is 0 Å². The zero-order valence-electron chi connectivity index (χ0n) is 13.0. The van der Waals surface area contributed by atoms with Gasteiger partial charge in [0.15, 0.2) is 5.58 Å². The Morgan fingerprint density at radius 3 is 2.38 bits per heavy atom. The van der Waals surface area contributed by atoms with Crippen LogP contribution in [0.5, 0.6) is 0 Å². The van der Waals surface area contributed by atoms with E-state index in [9.17, 15) is 13.2 Å². The monoisotopic (exact) mass is 375 g/mol. The number of benzene rings is 1. The quantitative estimate of drug-likeness (QED) is 0.456. The summed E-state index contributed by atoms with van der Waals surface area (Å²) < 4.78 is 44.5. The van der Waals surface area contributed by atoms with Crippen LogP contribution in [-0.4, -0.2) is 15.0 Å². The molecule has 0 aliphatic heterocycles. The number of hydrogen-bond acceptors (Lipinski definition) is 4. The maximum Gasteiger partial charge on any atom is 0.416 e. The van der Waals surface area contributed by atoms with Gasteiger partial charge in [-0.15, -0.1) is 0 Å². The molecule has 0 saturated carbocycles. The number of alkyl halides is 3. The summed E-state index contributed by atoms with van der Waals surface area (Å²) in [5.41, 5.74) is 1.39. The van der Waals surface area contributed by atoms with Crippen molar-refractivity contribution < 1.29 is 17.6 Å². The summed E-state index contributed by atoms with van der Waals surface area (Å²) in [6.45, 7) is 0. The number of oxazole rings is 1. The average molecular weight is 376 g/mol. The van der Waals surface area contributed by atoms with Crippen LogP contribution in [-0.2, 0) is 6.18 Å². The molecule has 0 saturated heterocycles. The van der Waals surface area contributed by atoms with Crippen molar-refractivity contribution in [1.82, 2.24) is 15.0 Å². The largest absolute Gasteiger partial charge is 0.436 e. The summed E-state index contributed by atoms with van der Waals surface area (Å²) in [5, 5.41) is -0.121. The van der Waals surface area contributed by atoms with Gasteiger partial charge in [-0.1, -0.05) is 11.6 Å². The second-order valence-electron chi connectivity index (χ2n) is 5.48. The van der Waals surface area contributed by atoms with Gasteiger partial charge in [0.25, 0.3) is 0 Å². The van der Waals surface area contributed by atoms with Gasteiger partial charge in [-0.25, -0.2) is 4.98 Å². The fourth-order valence-electron chi connectivity index (χ4n) is 2.61. The normalized spacial score (nSPS) is 11.8. The molecule has 0 aliphatic rings. The molecule has 4 rings (SSSR count). The van der Waals surface area contributed by atoms with E-state index in [1.54, 1.807) is 43.0 Å². The summed E-state index contributed by atoms with van der Waals surface area (Å²) in [7, 11) is 0. The van der Waals surface area contributed by atoms with E-state index in [1.165, 1.54) is 0 Å². The van der Waals surface area contributed by atoms with Crippen molar-refractivity contribution in [1.29, 1.82) is 0 Å². The Kier molecular flexibility index (Phi) is 3.88. The predicted octanol–water partition coefficient (Wildman–Crippen LogP) is 5.62. The zero-order valence-corrected chi connectivity index (χ0v) is 13.7. The Balaban J connectivity index is 1.90. The second kappa shape index (κ2) is 6.10. The van der Waals surface area contributed by atoms with Crippen LogP contribution in [0.1, 0.15) is 5.56 Å². The van der Waals surface area contributed by atoms with E-state index >= 15 is 0 Å². The van der Waals surface area contributed by atoms with Crippen LogP contribution in [0.15, 0.2) is 59.5 Å². The van der Waals surface area contributed by atoms with Crippen LogP contribution < -0.4 is 0 Å². The van der Waals surface area contributed by atoms with E-state index in [2.05, 4.69) is 15.0 Å². The number of nitrogens with zero attached hydrogens (tertiary/aromatic N) is 3. The summed E-state index contributed by atoms with van der Waals surface area (Å²) in [5.74, 6) is 0.162. The Morgan fingerprint density at radius 2 is 1.65 bits per heavy atom. The Labute approximate surface area is 150 Å². The molecule has 0 aliphatic carbocycles. The first kappa shape index (κ1) is 16.5. The predicted molar refractivity (Wildman–Crippen MR) is 90.5 cm³/mol. The van der Waals surface area contributed by atoms with Crippen molar-refractivity contribution in [3.8, 4) is 22.6 Å². The molecule has 0 amide bonds. The van der Waals surface area contributed by atoms with E-state index in [0.717, 1.165) is 17.7 Å². The van der Waals surface area contributed by atoms with Crippen molar-refractivity contribution in [2.75, 3.05) is 0 Å². The Bertz CT molecular complexity index is 1090. The molecule has 0 N–H and O–H groups in total. The van der Waals surface area contributed by atoms with E-state index in [1.807, 2.05) is 0 Å². The third-order valence-electron chi connectivity index (χ3n) is 3.82. The fraction of sp³-hybridized carbons (Fsp3) is 0.0556. The van der Waals surface area contributed by atoms with Crippen LogP contribution in [0.4, 0.5) is 13.2 Å². The maximum absolute atomic E-state index is 13.0. The highest BCUT2D eigenvalue weighted by molar-refractivity contribution is 6.35. The number of aromatic nitrogens is 3. The molecule has 3 aromatic heterocycles. The van der Waals surface area contributed by atoms with Crippen molar-refractivity contribution in [3.05, 3.63) is 65.7 Å². The molecule has 0 spiro atoms. The number of fused-ring (bicyclic) bond motifs is 1. The van der Waals surface area contributed by atoms with Crippen molar-refractivity contribution in [2.24, 2.45) is 0 Å². The van der Waals surface area contributed by atoms with E-state index in [-0.39, 0.29) is 22.0 Å². The molecular weight excluding hydrogens is 367 g/mol. The highest BCUT2D eigenvalue weighted by Crippen LogP contribution is 2.38. The van der Waals surface area contributed by atoms with Gasteiger partial charge in [0.05, 0.1) is 10.6 Å². The maximum atomic E-state index is 13.0. The van der Waals surface area contributed by atoms with Gasteiger partial charge < -0.3 is 4.42 Å². The number of halogens is 4. The second-order valence-corrected chi connectivity index (χ2v) is 5.89. The standard InChI is InChI=1S/C18H9ClF3N3O/c19-14-7-11(18(20,21)22)8-15-16(14)25-17(26-15)12-3-6-24-9-13(12)10-1-4-23-5-2-10/h1-9H. The molecule has 8 heteroatoms. The Morgan fingerprint density at radius 1 is 0.923 bits per heavy atom. The minimum Gasteiger partial charge on any atom is -0.436 e. The first-order chi connectivity index (χ1) is 12.4. The lowest BCUT2D eigenvalue weighted by Gasteiger charge is -2.06. The Hall–Kier alpha value is -2.93. The highest BCUT2D eigenvalue weighted by Gasteiger charge is 2.32. The molecule has 0 radical (unpaired) electrons. The summed E-state index contributed by atoms with van der Waals surface area (Å²) in [6.07, 6.45) is 1.92. The minimum atomic E-state index is -4.52. The summed E-state index contributed by atoms with van der Waals surface area (Å²) in [6, 6.07) is 6.99. The number of rotatable bonds is 2. The molecule has 3 heterocycles. The van der Waals surface area contributed by atoms with Gasteiger partial charge in [0, 0.05) is 35.9 Å². The molecule has 0 atom stereocenters. The van der Waals surface area contributed by atoms with Gasteiger partial charge in [-0.2, -0.15) is 13.2 Å². The number of pyridine rings is 2. The van der Waals surface area contributed by atoms with Crippen LogP contribution in [0.3, 0.4) is 0 Å². The lowest BCUT2D eigenvalue weighted by molar-refractivity contribution is -0.137. The molecular formula is C18H9ClF3N3O. The third-order valence-corrected chi connectivity index (χ3v) is 4.11. The van der Waals surface area contributed by atoms with Gasteiger partial charge >= 0.3 is 6.18 Å². The van der Waals surface area contributed by atoms with Gasteiger partial charge in [-0.3, -0.25) is 9.97 Å². The molecule has 26 heavy (non-hydrogen) atoms. The van der Waals surface area contributed by atoms with Gasteiger partial charge in [0.2, 0.25) is 5.89 Å². The number of hydrogen-bond donors (Lipinski definition) is 0. The molecule has 130 valence electrons. The van der Waals surface area contributed by atoms with E-state index < -0.39 is 11.7 Å². The molecule has 4 aromatic rings. The molecule has 0 bridgehead atoms. The first-order valence-corrected chi connectivity index (χ1v) is 7.83.